The summed E-state index contributed by atoms with van der Waals surface area (Å²) >= 11 is 0. The number of rotatable bonds is 2. The van der Waals surface area contributed by atoms with E-state index in [2.05, 4.69) is 9.97 Å². The van der Waals surface area contributed by atoms with Crippen LogP contribution < -0.4 is 20.7 Å². The van der Waals surface area contributed by atoms with Gasteiger partial charge in [0.05, 0.1) is 12.7 Å². The quantitative estimate of drug-likeness (QED) is 0.864. The van der Waals surface area contributed by atoms with E-state index in [0.29, 0.717) is 5.56 Å². The highest BCUT2D eigenvalue weighted by Crippen LogP contribution is 2.42. The number of aromatic nitrogens is 2. The van der Waals surface area contributed by atoms with Gasteiger partial charge in [-0.15, -0.1) is 0 Å². The molecule has 6 nitrogen and oxygen atoms in total. The van der Waals surface area contributed by atoms with Crippen LogP contribution in [-0.2, 0) is 0 Å². The van der Waals surface area contributed by atoms with Gasteiger partial charge in [0.15, 0.2) is 0 Å². The fourth-order valence-electron chi connectivity index (χ4n) is 2.51. The number of hydrogen-bond donors (Lipinski definition) is 2. The first kappa shape index (κ1) is 12.5. The van der Waals surface area contributed by atoms with Crippen molar-refractivity contribution in [2.75, 3.05) is 7.11 Å². The Balaban J connectivity index is 2.00. The molecular weight excluding hydrogens is 260 g/mol. The van der Waals surface area contributed by atoms with Gasteiger partial charge in [-0.05, 0) is 17.7 Å². The number of benzene rings is 1. The van der Waals surface area contributed by atoms with Crippen LogP contribution in [0.25, 0.3) is 0 Å². The van der Waals surface area contributed by atoms with Crippen molar-refractivity contribution in [2.45, 2.75) is 18.9 Å². The summed E-state index contributed by atoms with van der Waals surface area (Å²) in [6.45, 7) is 1.90. The smallest absolute Gasteiger partial charge is 0.328 e. The monoisotopic (exact) mass is 274 g/mol. The third-order valence-electron chi connectivity index (χ3n) is 3.54. The zero-order valence-corrected chi connectivity index (χ0v) is 11.1. The van der Waals surface area contributed by atoms with Gasteiger partial charge in [0.2, 0.25) is 5.88 Å². The lowest BCUT2D eigenvalue weighted by Crippen LogP contribution is -2.24. The highest BCUT2D eigenvalue weighted by Gasteiger charge is 2.35. The molecule has 1 aromatic heterocycles. The Kier molecular flexibility index (Phi) is 2.85. The molecule has 0 saturated heterocycles. The third kappa shape index (κ3) is 1.89. The Morgan fingerprint density at radius 1 is 1.15 bits per heavy atom. The highest BCUT2D eigenvalue weighted by atomic mass is 16.5. The third-order valence-corrected chi connectivity index (χ3v) is 3.54. The Morgan fingerprint density at radius 3 is 2.50 bits per heavy atom. The Hall–Kier alpha value is -2.50. The molecule has 0 aliphatic carbocycles. The molecule has 1 aliphatic rings. The van der Waals surface area contributed by atoms with Crippen LogP contribution in [0.5, 0.6) is 11.6 Å². The molecule has 0 spiro atoms. The van der Waals surface area contributed by atoms with Gasteiger partial charge in [-0.3, -0.25) is 14.8 Å². The van der Waals surface area contributed by atoms with Crippen LogP contribution in [-0.4, -0.2) is 17.1 Å². The van der Waals surface area contributed by atoms with Gasteiger partial charge in [-0.1, -0.05) is 19.1 Å². The summed E-state index contributed by atoms with van der Waals surface area (Å²) in [5.74, 6) is 0.870. The van der Waals surface area contributed by atoms with Crippen molar-refractivity contribution in [1.82, 2.24) is 9.97 Å². The predicted molar refractivity (Wildman–Crippen MR) is 72.5 cm³/mol. The molecule has 0 amide bonds. The fourth-order valence-corrected chi connectivity index (χ4v) is 2.51. The molecule has 2 N–H and O–H groups in total. The van der Waals surface area contributed by atoms with Crippen LogP contribution in [0.2, 0.25) is 0 Å². The molecule has 3 rings (SSSR count). The second-order valence-electron chi connectivity index (χ2n) is 4.75. The second kappa shape index (κ2) is 4.56. The van der Waals surface area contributed by atoms with Crippen molar-refractivity contribution in [2.24, 2.45) is 0 Å². The number of ether oxygens (including phenoxy) is 2. The average Bonchev–Trinajstić information content (AvgIpc) is 2.76. The Morgan fingerprint density at radius 2 is 1.85 bits per heavy atom. The molecule has 2 atom stereocenters. The van der Waals surface area contributed by atoms with E-state index in [9.17, 15) is 9.59 Å². The first-order chi connectivity index (χ1) is 9.60. The number of fused-ring (bicyclic) bond motifs is 1. The summed E-state index contributed by atoms with van der Waals surface area (Å²) in [7, 11) is 1.60. The van der Waals surface area contributed by atoms with E-state index in [1.165, 1.54) is 0 Å². The largest absolute Gasteiger partial charge is 0.497 e. The molecule has 2 heterocycles. The Labute approximate surface area is 114 Å². The van der Waals surface area contributed by atoms with Crippen LogP contribution >= 0.6 is 0 Å². The van der Waals surface area contributed by atoms with Crippen molar-refractivity contribution < 1.29 is 9.47 Å². The van der Waals surface area contributed by atoms with Crippen molar-refractivity contribution in [1.29, 1.82) is 0 Å². The number of aromatic amines is 2. The van der Waals surface area contributed by atoms with E-state index < -0.39 is 11.2 Å². The second-order valence-corrected chi connectivity index (χ2v) is 4.75. The standard InChI is InChI=1S/C14H14N2O4/c1-7-10-12(17)15-14(18)16-13(10)20-11(7)8-3-5-9(19-2)6-4-8/h3-7,11H,1-2H3,(H2,15,16,17,18). The molecule has 20 heavy (non-hydrogen) atoms. The van der Waals surface area contributed by atoms with E-state index in [1.54, 1.807) is 7.11 Å². The maximum Gasteiger partial charge on any atom is 0.328 e. The van der Waals surface area contributed by atoms with Crippen LogP contribution in [0.3, 0.4) is 0 Å². The van der Waals surface area contributed by atoms with Gasteiger partial charge in [0.25, 0.3) is 5.56 Å². The first-order valence-corrected chi connectivity index (χ1v) is 6.27. The summed E-state index contributed by atoms with van der Waals surface area (Å²) in [6, 6.07) is 7.44. The van der Waals surface area contributed by atoms with E-state index >= 15 is 0 Å². The van der Waals surface area contributed by atoms with Crippen molar-refractivity contribution >= 4 is 0 Å². The van der Waals surface area contributed by atoms with Gasteiger partial charge in [0.1, 0.15) is 11.9 Å². The number of nitrogens with one attached hydrogen (secondary N) is 2. The molecule has 0 fully saturated rings. The number of H-pyrrole nitrogens is 2. The minimum absolute atomic E-state index is 0.140. The number of methoxy groups -OCH3 is 1. The van der Waals surface area contributed by atoms with Gasteiger partial charge in [-0.25, -0.2) is 4.79 Å². The molecule has 1 aromatic carbocycles. The SMILES string of the molecule is COc1ccc(C2Oc3[nH]c(=O)[nH]c(=O)c3C2C)cc1. The molecule has 0 bridgehead atoms. The lowest BCUT2D eigenvalue weighted by molar-refractivity contribution is 0.208. The summed E-state index contributed by atoms with van der Waals surface area (Å²) < 4.78 is 10.8. The van der Waals surface area contributed by atoms with Crippen molar-refractivity contribution in [3.8, 4) is 11.6 Å². The molecule has 0 radical (unpaired) electrons. The molecule has 1 aliphatic heterocycles. The van der Waals surface area contributed by atoms with Crippen LogP contribution in [0, 0.1) is 0 Å². The van der Waals surface area contributed by atoms with Gasteiger partial charge in [0, 0.05) is 5.92 Å². The number of hydrogen-bond acceptors (Lipinski definition) is 4. The zero-order valence-electron chi connectivity index (χ0n) is 11.1. The first-order valence-electron chi connectivity index (χ1n) is 6.27. The highest BCUT2D eigenvalue weighted by molar-refractivity contribution is 5.38. The lowest BCUT2D eigenvalue weighted by Gasteiger charge is -2.15. The summed E-state index contributed by atoms with van der Waals surface area (Å²) in [5, 5.41) is 0. The van der Waals surface area contributed by atoms with Crippen molar-refractivity contribution in [3.05, 3.63) is 56.2 Å². The molecule has 2 aromatic rings. The van der Waals surface area contributed by atoms with Gasteiger partial charge >= 0.3 is 5.69 Å². The molecule has 6 heteroatoms. The predicted octanol–water partition coefficient (Wildman–Crippen LogP) is 1.31. The van der Waals surface area contributed by atoms with Gasteiger partial charge in [-0.2, -0.15) is 0 Å². The zero-order chi connectivity index (χ0) is 14.3. The van der Waals surface area contributed by atoms with E-state index in [1.807, 2.05) is 31.2 Å². The van der Waals surface area contributed by atoms with E-state index in [-0.39, 0.29) is 17.9 Å². The summed E-state index contributed by atoms with van der Waals surface area (Å²) in [5.41, 5.74) is 0.448. The maximum atomic E-state index is 11.8. The summed E-state index contributed by atoms with van der Waals surface area (Å²) in [4.78, 5) is 27.9. The lowest BCUT2D eigenvalue weighted by atomic mass is 9.94. The normalized spacial score (nSPS) is 20.3. The maximum absolute atomic E-state index is 11.8. The average molecular weight is 274 g/mol. The van der Waals surface area contributed by atoms with Crippen LogP contribution in [0.15, 0.2) is 33.9 Å². The van der Waals surface area contributed by atoms with Gasteiger partial charge < -0.3 is 9.47 Å². The van der Waals surface area contributed by atoms with E-state index in [4.69, 9.17) is 9.47 Å². The molecule has 0 saturated carbocycles. The fraction of sp³-hybridized carbons (Fsp3) is 0.286. The summed E-state index contributed by atoms with van der Waals surface area (Å²) in [6.07, 6.45) is -0.296. The topological polar surface area (TPSA) is 84.2 Å². The Bertz CT molecular complexity index is 745. The molecule has 104 valence electrons. The van der Waals surface area contributed by atoms with Crippen LogP contribution in [0.4, 0.5) is 0 Å². The molecule has 2 unspecified atom stereocenters. The molecular formula is C14H14N2O4. The van der Waals surface area contributed by atoms with Crippen LogP contribution in [0.1, 0.15) is 30.1 Å². The minimum Gasteiger partial charge on any atom is -0.497 e. The minimum atomic E-state index is -0.559. The van der Waals surface area contributed by atoms with E-state index in [0.717, 1.165) is 11.3 Å². The van der Waals surface area contributed by atoms with Crippen molar-refractivity contribution in [3.63, 3.8) is 0 Å².